The molecule has 0 aliphatic carbocycles. The van der Waals surface area contributed by atoms with Gasteiger partial charge in [0.2, 0.25) is 0 Å². The molecular weight excluding hydrogens is 261 g/mol. The van der Waals surface area contributed by atoms with E-state index in [1.54, 1.807) is 36.9 Å². The number of benzene rings is 1. The molecule has 1 aromatic heterocycles. The fourth-order valence-corrected chi connectivity index (χ4v) is 2.14. The summed E-state index contributed by atoms with van der Waals surface area (Å²) in [5.74, 6) is 0. The van der Waals surface area contributed by atoms with Gasteiger partial charge in [0, 0.05) is 12.1 Å². The molecule has 0 radical (unpaired) electrons. The van der Waals surface area contributed by atoms with E-state index in [4.69, 9.17) is 28.9 Å². The number of aromatic nitrogens is 2. The van der Waals surface area contributed by atoms with Crippen LogP contribution >= 0.6 is 23.2 Å². The molecule has 0 atom stereocenters. The van der Waals surface area contributed by atoms with Crippen LogP contribution in [0.1, 0.15) is 5.69 Å². The summed E-state index contributed by atoms with van der Waals surface area (Å²) >= 11 is 11.9. The monoisotopic (exact) mass is 271 g/mol. The molecule has 6 heteroatoms. The van der Waals surface area contributed by atoms with Crippen molar-refractivity contribution in [3.63, 3.8) is 0 Å². The van der Waals surface area contributed by atoms with Crippen LogP contribution in [0.15, 0.2) is 23.0 Å². The van der Waals surface area contributed by atoms with Crippen molar-refractivity contribution in [1.29, 1.82) is 0 Å². The van der Waals surface area contributed by atoms with Crippen molar-refractivity contribution in [3.8, 4) is 5.69 Å². The summed E-state index contributed by atoms with van der Waals surface area (Å²) in [5.41, 5.74) is 6.89. The lowest BCUT2D eigenvalue weighted by Crippen LogP contribution is -2.20. The van der Waals surface area contributed by atoms with Crippen molar-refractivity contribution < 1.29 is 0 Å². The van der Waals surface area contributed by atoms with Gasteiger partial charge in [-0.3, -0.25) is 9.48 Å². The largest absolute Gasteiger partial charge is 0.393 e. The average molecular weight is 272 g/mol. The zero-order chi connectivity index (χ0) is 12.7. The molecule has 0 amide bonds. The second-order valence-electron chi connectivity index (χ2n) is 3.74. The van der Waals surface area contributed by atoms with Gasteiger partial charge in [0.05, 0.1) is 16.4 Å². The zero-order valence-electron chi connectivity index (χ0n) is 9.37. The lowest BCUT2D eigenvalue weighted by molar-refractivity contribution is 0.630. The first-order chi connectivity index (χ1) is 7.93. The van der Waals surface area contributed by atoms with Gasteiger partial charge in [-0.2, -0.15) is 0 Å². The molecule has 0 fully saturated rings. The van der Waals surface area contributed by atoms with Crippen molar-refractivity contribution in [2.24, 2.45) is 7.05 Å². The number of nitrogen functional groups attached to an aromatic ring is 1. The second-order valence-corrected chi connectivity index (χ2v) is 4.58. The molecule has 2 N–H and O–H groups in total. The van der Waals surface area contributed by atoms with E-state index in [2.05, 4.69) is 0 Å². The van der Waals surface area contributed by atoms with E-state index >= 15 is 0 Å². The quantitative estimate of drug-likeness (QED) is 0.866. The molecule has 17 heavy (non-hydrogen) atoms. The number of anilines is 1. The molecular formula is C11H11Cl2N3O. The standard InChI is InChI=1S/C11H11Cl2N3O/c1-6-10(14)11(17)16(15(6)2)9-4-3-7(12)5-8(9)13/h3-5H,14H2,1-2H3. The summed E-state index contributed by atoms with van der Waals surface area (Å²) in [7, 11) is 1.75. The number of halogens is 2. The maximum atomic E-state index is 12.0. The Bertz CT molecular complexity index is 643. The van der Waals surface area contributed by atoms with Crippen LogP contribution in [0.2, 0.25) is 10.0 Å². The van der Waals surface area contributed by atoms with Crippen LogP contribution in [0, 0.1) is 6.92 Å². The van der Waals surface area contributed by atoms with Gasteiger partial charge in [-0.25, -0.2) is 4.68 Å². The normalized spacial score (nSPS) is 10.8. The number of nitrogens with two attached hydrogens (primary N) is 1. The summed E-state index contributed by atoms with van der Waals surface area (Å²) in [6.07, 6.45) is 0. The van der Waals surface area contributed by atoms with Crippen LogP contribution in [0.3, 0.4) is 0 Å². The van der Waals surface area contributed by atoms with Gasteiger partial charge in [-0.05, 0) is 25.1 Å². The number of hydrogen-bond donors (Lipinski definition) is 1. The van der Waals surface area contributed by atoms with E-state index in [0.717, 1.165) is 0 Å². The van der Waals surface area contributed by atoms with Crippen molar-refractivity contribution in [3.05, 3.63) is 44.3 Å². The topological polar surface area (TPSA) is 53.0 Å². The van der Waals surface area contributed by atoms with E-state index in [0.29, 0.717) is 21.4 Å². The van der Waals surface area contributed by atoms with Gasteiger partial charge in [0.1, 0.15) is 5.69 Å². The average Bonchev–Trinajstić information content (AvgIpc) is 2.45. The Hall–Kier alpha value is -1.39. The summed E-state index contributed by atoms with van der Waals surface area (Å²) in [6, 6.07) is 4.95. The molecule has 4 nitrogen and oxygen atoms in total. The highest BCUT2D eigenvalue weighted by Crippen LogP contribution is 2.24. The highest BCUT2D eigenvalue weighted by Gasteiger charge is 2.15. The summed E-state index contributed by atoms with van der Waals surface area (Å²) in [4.78, 5) is 12.0. The fraction of sp³-hybridized carbons (Fsp3) is 0.182. The third-order valence-electron chi connectivity index (χ3n) is 2.74. The molecule has 90 valence electrons. The molecule has 0 saturated heterocycles. The van der Waals surface area contributed by atoms with Crippen LogP contribution in [-0.2, 0) is 7.05 Å². The third-order valence-corrected chi connectivity index (χ3v) is 3.27. The molecule has 0 saturated carbocycles. The Morgan fingerprint density at radius 2 is 1.94 bits per heavy atom. The Kier molecular flexibility index (Phi) is 2.93. The van der Waals surface area contributed by atoms with E-state index in [-0.39, 0.29) is 11.2 Å². The summed E-state index contributed by atoms with van der Waals surface area (Å²) in [5, 5.41) is 0.922. The van der Waals surface area contributed by atoms with Crippen LogP contribution in [0.5, 0.6) is 0 Å². The SMILES string of the molecule is Cc1c(N)c(=O)n(-c2ccc(Cl)cc2Cl)n1C. The number of rotatable bonds is 1. The van der Waals surface area contributed by atoms with Crippen LogP contribution in [-0.4, -0.2) is 9.36 Å². The highest BCUT2D eigenvalue weighted by molar-refractivity contribution is 6.35. The number of hydrogen-bond acceptors (Lipinski definition) is 2. The summed E-state index contributed by atoms with van der Waals surface area (Å²) < 4.78 is 3.08. The van der Waals surface area contributed by atoms with Gasteiger partial charge >= 0.3 is 0 Å². The van der Waals surface area contributed by atoms with E-state index < -0.39 is 0 Å². The summed E-state index contributed by atoms with van der Waals surface area (Å²) in [6.45, 7) is 1.77. The fourth-order valence-electron chi connectivity index (χ4n) is 1.65. The Labute approximate surface area is 108 Å². The zero-order valence-corrected chi connectivity index (χ0v) is 10.9. The van der Waals surface area contributed by atoms with Crippen molar-refractivity contribution in [2.75, 3.05) is 5.73 Å². The lowest BCUT2D eigenvalue weighted by atomic mass is 10.3. The molecule has 0 aliphatic heterocycles. The molecule has 0 bridgehead atoms. The van der Waals surface area contributed by atoms with Crippen molar-refractivity contribution in [1.82, 2.24) is 9.36 Å². The Morgan fingerprint density at radius 3 is 2.41 bits per heavy atom. The predicted molar refractivity (Wildman–Crippen MR) is 70.2 cm³/mol. The third kappa shape index (κ3) is 1.83. The van der Waals surface area contributed by atoms with Gasteiger partial charge in [0.15, 0.2) is 0 Å². The van der Waals surface area contributed by atoms with Crippen LogP contribution in [0.25, 0.3) is 5.69 Å². The minimum absolute atomic E-state index is 0.221. The van der Waals surface area contributed by atoms with Crippen molar-refractivity contribution in [2.45, 2.75) is 6.92 Å². The second kappa shape index (κ2) is 4.13. The lowest BCUT2D eigenvalue weighted by Gasteiger charge is -2.10. The van der Waals surface area contributed by atoms with Gasteiger partial charge in [-0.15, -0.1) is 0 Å². The highest BCUT2D eigenvalue weighted by atomic mass is 35.5. The molecule has 2 aromatic rings. The maximum absolute atomic E-state index is 12.0. The minimum Gasteiger partial charge on any atom is -0.393 e. The first kappa shape index (κ1) is 12.1. The van der Waals surface area contributed by atoms with Gasteiger partial charge in [0.25, 0.3) is 5.56 Å². The molecule has 0 aliphatic rings. The molecule has 1 aromatic carbocycles. The van der Waals surface area contributed by atoms with E-state index in [1.165, 1.54) is 4.68 Å². The van der Waals surface area contributed by atoms with E-state index in [1.807, 2.05) is 0 Å². The molecule has 0 spiro atoms. The minimum atomic E-state index is -0.283. The first-order valence-electron chi connectivity index (χ1n) is 4.93. The number of nitrogens with zero attached hydrogens (tertiary/aromatic N) is 2. The smallest absolute Gasteiger partial charge is 0.294 e. The molecule has 1 heterocycles. The van der Waals surface area contributed by atoms with Gasteiger partial charge < -0.3 is 5.73 Å². The first-order valence-corrected chi connectivity index (χ1v) is 5.68. The predicted octanol–water partition coefficient (Wildman–Crippen LogP) is 2.37. The Balaban J connectivity index is 2.78. The molecule has 2 rings (SSSR count). The van der Waals surface area contributed by atoms with E-state index in [9.17, 15) is 4.79 Å². The van der Waals surface area contributed by atoms with Crippen LogP contribution < -0.4 is 11.3 Å². The van der Waals surface area contributed by atoms with Crippen LogP contribution in [0.4, 0.5) is 5.69 Å². The molecule has 0 unspecified atom stereocenters. The van der Waals surface area contributed by atoms with Crippen molar-refractivity contribution >= 4 is 28.9 Å². The van der Waals surface area contributed by atoms with Gasteiger partial charge in [-0.1, -0.05) is 23.2 Å². The maximum Gasteiger partial charge on any atom is 0.294 e. The Morgan fingerprint density at radius 1 is 1.29 bits per heavy atom.